The van der Waals surface area contributed by atoms with Crippen LogP contribution in [0.4, 0.5) is 0 Å². The van der Waals surface area contributed by atoms with Crippen LogP contribution in [0.3, 0.4) is 0 Å². The summed E-state index contributed by atoms with van der Waals surface area (Å²) < 4.78 is 2.96. The maximum Gasteiger partial charge on any atom is 2.00 e. The minimum Gasteiger partial charge on any atom is -0.871 e. The molecule has 0 radical (unpaired) electrons. The van der Waals surface area contributed by atoms with E-state index < -0.39 is 0 Å². The molecular weight excluding hydrogens is 757 g/mol. The van der Waals surface area contributed by atoms with E-state index >= 15 is 0 Å². The zero-order chi connectivity index (χ0) is 24.5. The second-order valence-corrected chi connectivity index (χ2v) is 12.3. The van der Waals surface area contributed by atoms with Gasteiger partial charge in [0, 0.05) is 42.4 Å². The van der Waals surface area contributed by atoms with Gasteiger partial charge in [-0.1, -0.05) is 114 Å². The van der Waals surface area contributed by atoms with E-state index in [2.05, 4.69) is 73.7 Å². The normalized spacial score (nSPS) is 17.3. The smallest absolute Gasteiger partial charge is 0.871 e. The molecule has 2 aliphatic carbocycles. The molecule has 0 aromatic heterocycles. The molecule has 0 bridgehead atoms. The first-order valence-electron chi connectivity index (χ1n) is 11.7. The molecule has 0 amide bonds. The Morgan fingerprint density at radius 1 is 0.600 bits per heavy atom. The van der Waals surface area contributed by atoms with Crippen molar-refractivity contribution in [3.63, 3.8) is 0 Å². The standard InChI is InChI=1S/2C13H15Br2NO.Zn/c2*14-10-6-9(13(17)12(15)7-10)8-16-11-4-2-1-3-5-11;/h2*6-8,11,17H,1-5H2;/q;;+2/p-2. The fourth-order valence-electron chi connectivity index (χ4n) is 4.18. The van der Waals surface area contributed by atoms with Crippen LogP contribution < -0.4 is 10.2 Å². The molecule has 9 heteroatoms. The summed E-state index contributed by atoms with van der Waals surface area (Å²) in [6, 6.07) is 7.97. The Morgan fingerprint density at radius 3 is 1.29 bits per heavy atom. The van der Waals surface area contributed by atoms with E-state index in [4.69, 9.17) is 0 Å². The molecule has 4 nitrogen and oxygen atoms in total. The van der Waals surface area contributed by atoms with Gasteiger partial charge in [0.2, 0.25) is 0 Å². The molecule has 2 aromatic rings. The predicted octanol–water partition coefficient (Wildman–Crippen LogP) is 8.07. The van der Waals surface area contributed by atoms with E-state index in [1.165, 1.54) is 38.5 Å². The molecule has 0 N–H and O–H groups in total. The fourth-order valence-corrected chi connectivity index (χ4v) is 6.70. The average molecular weight is 786 g/mol. The van der Waals surface area contributed by atoms with Crippen molar-refractivity contribution in [1.82, 2.24) is 0 Å². The SMILES string of the molecule is [O-]c1c(Br)cc(Br)cc1C=NC1CCCCC1.[O-]c1c(Br)cc(Br)cc1C=NC1CCCCC1.[Zn+2]. The van der Waals surface area contributed by atoms with E-state index in [1.807, 2.05) is 12.1 Å². The summed E-state index contributed by atoms with van der Waals surface area (Å²) in [5.41, 5.74) is 1.30. The maximum absolute atomic E-state index is 11.8. The first-order chi connectivity index (χ1) is 16.3. The summed E-state index contributed by atoms with van der Waals surface area (Å²) in [6.45, 7) is 0. The average Bonchev–Trinajstić information content (AvgIpc) is 2.83. The molecule has 0 atom stereocenters. The summed E-state index contributed by atoms with van der Waals surface area (Å²) in [6.07, 6.45) is 15.7. The number of halogens is 4. The van der Waals surface area contributed by atoms with E-state index in [9.17, 15) is 10.2 Å². The Morgan fingerprint density at radius 2 is 0.943 bits per heavy atom. The zero-order valence-corrected chi connectivity index (χ0v) is 28.9. The van der Waals surface area contributed by atoms with E-state index in [-0.39, 0.29) is 31.0 Å². The van der Waals surface area contributed by atoms with E-state index in [1.54, 1.807) is 24.6 Å². The number of aliphatic imine (C=N–C) groups is 2. The summed E-state index contributed by atoms with van der Waals surface area (Å²) in [5, 5.41) is 23.7. The first kappa shape index (κ1) is 31.1. The predicted molar refractivity (Wildman–Crippen MR) is 152 cm³/mol. The minimum absolute atomic E-state index is 0. The minimum atomic E-state index is 0. The summed E-state index contributed by atoms with van der Waals surface area (Å²) in [7, 11) is 0. The maximum atomic E-state index is 11.8. The second-order valence-electron chi connectivity index (χ2n) is 8.75. The molecule has 2 saturated carbocycles. The molecule has 2 aliphatic rings. The number of hydrogen-bond acceptors (Lipinski definition) is 4. The molecule has 0 heterocycles. The van der Waals surface area contributed by atoms with Crippen molar-refractivity contribution < 1.29 is 29.7 Å². The van der Waals surface area contributed by atoms with Gasteiger partial charge in [-0.15, -0.1) is 0 Å². The zero-order valence-electron chi connectivity index (χ0n) is 19.6. The van der Waals surface area contributed by atoms with Crippen molar-refractivity contribution in [3.05, 3.63) is 53.3 Å². The largest absolute Gasteiger partial charge is 2.00 e. The fraction of sp³-hybridized carbons (Fsp3) is 0.462. The molecular formula is C26H28Br4N2O2Zn. The van der Waals surface area contributed by atoms with Crippen molar-refractivity contribution in [1.29, 1.82) is 0 Å². The van der Waals surface area contributed by atoms with Crippen molar-refractivity contribution in [2.45, 2.75) is 76.3 Å². The molecule has 2 fully saturated rings. The monoisotopic (exact) mass is 780 g/mol. The Balaban J connectivity index is 0.000000240. The molecule has 0 saturated heterocycles. The Bertz CT molecular complexity index is 939. The van der Waals surface area contributed by atoms with Gasteiger partial charge in [-0.2, -0.15) is 0 Å². The van der Waals surface area contributed by atoms with Crippen LogP contribution in [0.2, 0.25) is 0 Å². The molecule has 4 rings (SSSR count). The summed E-state index contributed by atoms with van der Waals surface area (Å²) in [5.74, 6) is 0.0144. The van der Waals surface area contributed by atoms with Crippen molar-refractivity contribution >= 4 is 76.1 Å². The molecule has 0 spiro atoms. The van der Waals surface area contributed by atoms with Crippen LogP contribution in [0.25, 0.3) is 0 Å². The van der Waals surface area contributed by atoms with Crippen LogP contribution in [0, 0.1) is 0 Å². The van der Waals surface area contributed by atoms with Crippen LogP contribution in [0.15, 0.2) is 52.1 Å². The van der Waals surface area contributed by atoms with Gasteiger partial charge in [0.05, 0.1) is 0 Å². The number of hydrogen-bond donors (Lipinski definition) is 0. The first-order valence-corrected chi connectivity index (χ1v) is 14.9. The second kappa shape index (κ2) is 16.0. The summed E-state index contributed by atoms with van der Waals surface area (Å²) in [4.78, 5) is 9.06. The number of benzene rings is 2. The number of nitrogens with zero attached hydrogens (tertiary/aromatic N) is 2. The van der Waals surface area contributed by atoms with Crippen molar-refractivity contribution in [2.75, 3.05) is 0 Å². The Hall–Kier alpha value is -0.0766. The third-order valence-corrected chi connectivity index (χ3v) is 8.17. The molecule has 0 aliphatic heterocycles. The van der Waals surface area contributed by atoms with Gasteiger partial charge < -0.3 is 10.2 Å². The van der Waals surface area contributed by atoms with E-state index in [0.29, 0.717) is 32.2 Å². The van der Waals surface area contributed by atoms with Crippen LogP contribution in [-0.2, 0) is 19.5 Å². The van der Waals surface area contributed by atoms with Gasteiger partial charge in [0.15, 0.2) is 0 Å². The Labute approximate surface area is 254 Å². The van der Waals surface area contributed by atoms with Crippen molar-refractivity contribution in [2.24, 2.45) is 9.98 Å². The third kappa shape index (κ3) is 10.3. The topological polar surface area (TPSA) is 70.8 Å². The van der Waals surface area contributed by atoms with Gasteiger partial charge in [-0.3, -0.25) is 9.98 Å². The molecule has 0 unspecified atom stereocenters. The van der Waals surface area contributed by atoms with Gasteiger partial charge in [0.1, 0.15) is 0 Å². The number of rotatable bonds is 4. The quantitative estimate of drug-likeness (QED) is 0.233. The molecule has 2 aromatic carbocycles. The van der Waals surface area contributed by atoms with Gasteiger partial charge >= 0.3 is 19.5 Å². The van der Waals surface area contributed by atoms with Crippen LogP contribution in [0.5, 0.6) is 11.5 Å². The van der Waals surface area contributed by atoms with Gasteiger partial charge in [-0.05, 0) is 61.1 Å². The summed E-state index contributed by atoms with van der Waals surface area (Å²) >= 11 is 13.3. The van der Waals surface area contributed by atoms with Gasteiger partial charge in [-0.25, -0.2) is 0 Å². The van der Waals surface area contributed by atoms with Crippen LogP contribution in [0.1, 0.15) is 75.3 Å². The van der Waals surface area contributed by atoms with Gasteiger partial charge in [0.25, 0.3) is 0 Å². The Kier molecular flexibility index (Phi) is 14.2. The van der Waals surface area contributed by atoms with Crippen LogP contribution >= 0.6 is 63.7 Å². The van der Waals surface area contributed by atoms with Crippen molar-refractivity contribution in [3.8, 4) is 11.5 Å². The molecule has 35 heavy (non-hydrogen) atoms. The van der Waals surface area contributed by atoms with E-state index in [0.717, 1.165) is 34.6 Å². The third-order valence-electron chi connectivity index (χ3n) is 6.07. The molecule has 184 valence electrons. The van der Waals surface area contributed by atoms with Crippen LogP contribution in [-0.4, -0.2) is 24.5 Å².